The van der Waals surface area contributed by atoms with Crippen LogP contribution >= 0.6 is 0 Å². The van der Waals surface area contributed by atoms with Crippen LogP contribution in [0.5, 0.6) is 0 Å². The van der Waals surface area contributed by atoms with Gasteiger partial charge in [-0.25, -0.2) is 0 Å². The van der Waals surface area contributed by atoms with Gasteiger partial charge in [0.05, 0.1) is 0 Å². The van der Waals surface area contributed by atoms with E-state index in [1.54, 1.807) is 0 Å². The molecule has 0 aliphatic carbocycles. The second kappa shape index (κ2) is 9.27. The predicted octanol–water partition coefficient (Wildman–Crippen LogP) is -2.67. The van der Waals surface area contributed by atoms with E-state index in [4.69, 9.17) is 10.5 Å². The van der Waals surface area contributed by atoms with E-state index in [0.717, 1.165) is 0 Å². The van der Waals surface area contributed by atoms with Crippen molar-refractivity contribution in [3.63, 3.8) is 0 Å². The molecule has 0 saturated heterocycles. The van der Waals surface area contributed by atoms with Gasteiger partial charge in [0, 0.05) is 12.4 Å². The van der Waals surface area contributed by atoms with Crippen molar-refractivity contribution >= 4 is 0 Å². The summed E-state index contributed by atoms with van der Waals surface area (Å²) in [4.78, 5) is 0. The minimum Gasteiger partial charge on any atom is -0.385 e. The van der Waals surface area contributed by atoms with Crippen molar-refractivity contribution in [1.82, 2.24) is 0 Å². The molecule has 0 unspecified atom stereocenters. The number of nitrogens with zero attached hydrogens (tertiary/aromatic N) is 3. The summed E-state index contributed by atoms with van der Waals surface area (Å²) in [7, 11) is 0. The second-order valence-corrected chi connectivity index (χ2v) is 0.312. The van der Waals surface area contributed by atoms with Crippen molar-refractivity contribution in [2.24, 2.45) is 0 Å². The minimum atomic E-state index is 0. The Morgan fingerprint density at radius 3 is 1.50 bits per heavy atom. The Labute approximate surface area is 94.7 Å². The molecule has 0 rings (SSSR count). The Balaban J connectivity index is 0. The number of rotatable bonds is 0. The Bertz CT molecular complexity index is 73.9. The summed E-state index contributed by atoms with van der Waals surface area (Å²) in [6.45, 7) is 0. The van der Waals surface area contributed by atoms with Crippen LogP contribution in [0, 0.1) is 22.9 Å². The van der Waals surface area contributed by atoms with Gasteiger partial charge in [-0.2, -0.15) is 0 Å². The van der Waals surface area contributed by atoms with Crippen molar-refractivity contribution in [1.29, 1.82) is 10.5 Å². The molecular weight excluding hydrogens is 199 g/mol. The van der Waals surface area contributed by atoms with Gasteiger partial charge < -0.3 is 10.5 Å². The molecule has 0 aromatic carbocycles. The van der Waals surface area contributed by atoms with E-state index in [-0.39, 0.29) is 68.9 Å². The van der Waals surface area contributed by atoms with E-state index >= 15 is 0 Å². The third-order valence-electron chi connectivity index (χ3n) is 0.100. The summed E-state index contributed by atoms with van der Waals surface area (Å²) in [5, 5.41) is 17.4. The molecular formula is C2CsN3. The fraction of sp³-hybridized carbons (Fsp3) is 0. The van der Waals surface area contributed by atoms with Crippen LogP contribution in [0.3, 0.4) is 0 Å². The van der Waals surface area contributed by atoms with Gasteiger partial charge in [-0.15, -0.1) is 0 Å². The van der Waals surface area contributed by atoms with Crippen molar-refractivity contribution in [2.45, 2.75) is 0 Å². The maximum atomic E-state index is 7.43. The Morgan fingerprint density at radius 1 is 1.17 bits per heavy atom. The first-order valence-corrected chi connectivity index (χ1v) is 0.894. The zero-order chi connectivity index (χ0) is 4.12. The molecule has 24 valence electrons. The van der Waals surface area contributed by atoms with Crippen molar-refractivity contribution in [3.05, 3.63) is 5.32 Å². The van der Waals surface area contributed by atoms with Crippen molar-refractivity contribution < 1.29 is 68.9 Å². The molecule has 0 heterocycles. The minimum absolute atomic E-state index is 0. The van der Waals surface area contributed by atoms with Crippen molar-refractivity contribution in [2.75, 3.05) is 0 Å². The van der Waals surface area contributed by atoms with Crippen LogP contribution in [0.1, 0.15) is 0 Å². The Kier molecular flexibility index (Phi) is 15.4. The van der Waals surface area contributed by atoms with E-state index < -0.39 is 0 Å². The first kappa shape index (κ1) is 9.95. The van der Waals surface area contributed by atoms with E-state index in [2.05, 4.69) is 5.32 Å². The van der Waals surface area contributed by atoms with E-state index in [9.17, 15) is 0 Å². The first-order chi connectivity index (χ1) is 2.41. The van der Waals surface area contributed by atoms with Crippen LogP contribution in [0.2, 0.25) is 0 Å². The smallest absolute Gasteiger partial charge is 0.385 e. The molecule has 0 spiro atoms. The van der Waals surface area contributed by atoms with Gasteiger partial charge in [0.2, 0.25) is 0 Å². The zero-order valence-electron chi connectivity index (χ0n) is 3.34. The van der Waals surface area contributed by atoms with Crippen LogP contribution in [0.15, 0.2) is 0 Å². The normalized spacial score (nSPS) is 3.00. The number of hydrogen-bond donors (Lipinski definition) is 0. The average molecular weight is 199 g/mol. The summed E-state index contributed by atoms with van der Waals surface area (Å²) in [5.74, 6) is 0. The van der Waals surface area contributed by atoms with Gasteiger partial charge in [0.15, 0.2) is 0 Å². The molecule has 0 aromatic heterocycles. The average Bonchev–Trinajstić information content (AvgIpc) is 1.41. The fourth-order valence-corrected chi connectivity index (χ4v) is 0.0224. The van der Waals surface area contributed by atoms with E-state index in [0.29, 0.717) is 0 Å². The van der Waals surface area contributed by atoms with Crippen LogP contribution in [0.25, 0.3) is 5.32 Å². The van der Waals surface area contributed by atoms with E-state index in [1.807, 2.05) is 0 Å². The van der Waals surface area contributed by atoms with Crippen LogP contribution in [0.4, 0.5) is 0 Å². The molecule has 0 fully saturated rings. The second-order valence-electron chi connectivity index (χ2n) is 0.312. The maximum Gasteiger partial charge on any atom is 1.00 e. The zero-order valence-corrected chi connectivity index (χ0v) is 9.62. The van der Waals surface area contributed by atoms with Gasteiger partial charge in [0.25, 0.3) is 0 Å². The molecule has 0 bridgehead atoms. The maximum absolute atomic E-state index is 7.43. The number of hydrogen-bond acceptors (Lipinski definition) is 2. The van der Waals surface area contributed by atoms with E-state index in [1.165, 1.54) is 12.4 Å². The summed E-state index contributed by atoms with van der Waals surface area (Å²) in [5.41, 5.74) is 0. The molecule has 0 N–H and O–H groups in total. The fourth-order valence-electron chi connectivity index (χ4n) is 0.0224. The van der Waals surface area contributed by atoms with Crippen LogP contribution in [-0.2, 0) is 0 Å². The molecule has 0 aliphatic heterocycles. The Morgan fingerprint density at radius 2 is 1.50 bits per heavy atom. The third kappa shape index (κ3) is 8.85. The van der Waals surface area contributed by atoms with Crippen LogP contribution in [-0.4, -0.2) is 0 Å². The van der Waals surface area contributed by atoms with Gasteiger partial charge in [-0.1, -0.05) is 0 Å². The largest absolute Gasteiger partial charge is 1.00 e. The molecule has 0 amide bonds. The summed E-state index contributed by atoms with van der Waals surface area (Å²) in [6.07, 6.45) is 2.56. The summed E-state index contributed by atoms with van der Waals surface area (Å²) < 4.78 is 0. The molecule has 0 radical (unpaired) electrons. The topological polar surface area (TPSA) is 61.7 Å². The van der Waals surface area contributed by atoms with Gasteiger partial charge in [-0.3, -0.25) is 5.32 Å². The monoisotopic (exact) mass is 199 g/mol. The molecule has 0 saturated carbocycles. The molecule has 0 aliphatic rings. The Hall–Kier alpha value is 0.832. The molecule has 4 heteroatoms. The van der Waals surface area contributed by atoms with Gasteiger partial charge >= 0.3 is 68.9 Å². The number of nitriles is 2. The van der Waals surface area contributed by atoms with Gasteiger partial charge in [0.1, 0.15) is 0 Å². The van der Waals surface area contributed by atoms with Crippen molar-refractivity contribution in [3.8, 4) is 12.4 Å². The third-order valence-corrected chi connectivity index (χ3v) is 0.100. The first-order valence-electron chi connectivity index (χ1n) is 0.894. The standard InChI is InChI=1S/C2N3.Cs/c3-1-5-2-4;/q-1;+1. The van der Waals surface area contributed by atoms with Crippen LogP contribution < -0.4 is 68.9 Å². The summed E-state index contributed by atoms with van der Waals surface area (Å²) in [6, 6.07) is 0. The SMILES string of the molecule is N#C[N-]C#N.[Cs+]. The quantitative estimate of drug-likeness (QED) is 0.399. The molecule has 3 nitrogen and oxygen atoms in total. The predicted molar refractivity (Wildman–Crippen MR) is 14.6 cm³/mol. The molecule has 6 heavy (non-hydrogen) atoms. The molecule has 0 aromatic rings. The molecule has 0 atom stereocenters. The van der Waals surface area contributed by atoms with Gasteiger partial charge in [-0.05, 0) is 0 Å². The summed E-state index contributed by atoms with van der Waals surface area (Å²) >= 11 is 0.